The van der Waals surface area contributed by atoms with E-state index in [-0.39, 0.29) is 36.6 Å². The molecule has 1 aromatic heterocycles. The average molecular weight is 799 g/mol. The minimum Gasteiger partial charge on any atom is -0.453 e. The van der Waals surface area contributed by atoms with Crippen molar-refractivity contribution in [2.24, 2.45) is 5.92 Å². The molecule has 1 saturated heterocycles. The molecule has 0 spiro atoms. The van der Waals surface area contributed by atoms with Crippen molar-refractivity contribution in [2.45, 2.75) is 83.3 Å². The van der Waals surface area contributed by atoms with E-state index in [2.05, 4.69) is 20.5 Å². The number of benzene rings is 4. The molecule has 2 fully saturated rings. The van der Waals surface area contributed by atoms with Crippen LogP contribution in [0.2, 0.25) is 0 Å². The maximum Gasteiger partial charge on any atom is 0.407 e. The van der Waals surface area contributed by atoms with Gasteiger partial charge in [-0.1, -0.05) is 99.0 Å². The third-order valence-electron chi connectivity index (χ3n) is 11.6. The van der Waals surface area contributed by atoms with Gasteiger partial charge in [0.15, 0.2) is 0 Å². The number of fused-ring (bicyclic) bond motifs is 3. The molecule has 12 heteroatoms. The van der Waals surface area contributed by atoms with Gasteiger partial charge in [0.2, 0.25) is 17.7 Å². The number of carbonyl (C=O) groups is 5. The molecule has 1 aliphatic carbocycles. The highest BCUT2D eigenvalue weighted by Gasteiger charge is 2.38. The number of hydrogen-bond donors (Lipinski definition) is 3. The summed E-state index contributed by atoms with van der Waals surface area (Å²) < 4.78 is 7.13. The van der Waals surface area contributed by atoms with Gasteiger partial charge in [0.1, 0.15) is 12.1 Å². The Morgan fingerprint density at radius 2 is 1.42 bits per heavy atom. The SMILES string of the molecule is CCCN(CC(=O)Nc1ccc2c3ccc(NC(=O)[C@@H]4CCCN4C(=O)[C@H](NC(=O)OC)c4ccccc4)cc3n(CC3CCCCC3)c2c1)C(=O)Cc1ccccc1. The number of ether oxygens (including phenoxy) is 1. The van der Waals surface area contributed by atoms with E-state index in [0.29, 0.717) is 48.8 Å². The first-order chi connectivity index (χ1) is 28.7. The fraction of sp³-hybridized carbons (Fsp3) is 0.383. The topological polar surface area (TPSA) is 142 Å². The summed E-state index contributed by atoms with van der Waals surface area (Å²) in [6.45, 7) is 3.63. The molecule has 3 N–H and O–H groups in total. The molecule has 2 aliphatic rings. The van der Waals surface area contributed by atoms with Crippen LogP contribution in [0.3, 0.4) is 0 Å². The Labute approximate surface area is 345 Å². The Morgan fingerprint density at radius 1 is 0.780 bits per heavy atom. The molecule has 5 amide bonds. The van der Waals surface area contributed by atoms with Crippen LogP contribution < -0.4 is 16.0 Å². The van der Waals surface area contributed by atoms with Gasteiger partial charge in [-0.3, -0.25) is 19.2 Å². The van der Waals surface area contributed by atoms with Crippen molar-refractivity contribution >= 4 is 62.9 Å². The molecule has 1 saturated carbocycles. The van der Waals surface area contributed by atoms with Gasteiger partial charge in [-0.15, -0.1) is 0 Å². The minimum atomic E-state index is -1.00. The predicted molar refractivity (Wildman–Crippen MR) is 230 cm³/mol. The quantitative estimate of drug-likeness (QED) is 0.105. The first-order valence-corrected chi connectivity index (χ1v) is 20.9. The molecule has 0 radical (unpaired) electrons. The van der Waals surface area contributed by atoms with Crippen molar-refractivity contribution in [1.82, 2.24) is 19.7 Å². The van der Waals surface area contributed by atoms with Crippen LogP contribution in [0.4, 0.5) is 16.2 Å². The van der Waals surface area contributed by atoms with Crippen LogP contribution in [0.1, 0.15) is 75.5 Å². The summed E-state index contributed by atoms with van der Waals surface area (Å²) in [6, 6.07) is 28.7. The number of alkyl carbamates (subject to hydrolysis) is 1. The van der Waals surface area contributed by atoms with E-state index in [0.717, 1.165) is 53.2 Å². The molecule has 4 aromatic carbocycles. The number of nitrogens with zero attached hydrogens (tertiary/aromatic N) is 3. The van der Waals surface area contributed by atoms with Crippen molar-refractivity contribution < 1.29 is 28.7 Å². The van der Waals surface area contributed by atoms with Crippen LogP contribution >= 0.6 is 0 Å². The second-order valence-corrected chi connectivity index (χ2v) is 15.8. The molecule has 5 aromatic rings. The van der Waals surface area contributed by atoms with Crippen LogP contribution in [0, 0.1) is 5.92 Å². The van der Waals surface area contributed by atoms with Gasteiger partial charge < -0.3 is 35.1 Å². The van der Waals surface area contributed by atoms with Crippen molar-refractivity contribution in [3.05, 3.63) is 108 Å². The summed E-state index contributed by atoms with van der Waals surface area (Å²) in [5.74, 6) is -0.513. The molecule has 2 atom stereocenters. The highest BCUT2D eigenvalue weighted by Crippen LogP contribution is 2.36. The number of aromatic nitrogens is 1. The lowest BCUT2D eigenvalue weighted by Crippen LogP contribution is -2.48. The predicted octanol–water partition coefficient (Wildman–Crippen LogP) is 7.82. The van der Waals surface area contributed by atoms with Crippen LogP contribution in [0.15, 0.2) is 97.1 Å². The average Bonchev–Trinajstić information content (AvgIpc) is 3.86. The first-order valence-electron chi connectivity index (χ1n) is 20.9. The van der Waals surface area contributed by atoms with Gasteiger partial charge in [0.25, 0.3) is 5.91 Å². The van der Waals surface area contributed by atoms with Crippen LogP contribution in [0.25, 0.3) is 21.8 Å². The smallest absolute Gasteiger partial charge is 0.407 e. The number of hydrogen-bond acceptors (Lipinski definition) is 6. The van der Waals surface area contributed by atoms with E-state index < -0.39 is 18.2 Å². The van der Waals surface area contributed by atoms with Gasteiger partial charge in [0, 0.05) is 41.8 Å². The summed E-state index contributed by atoms with van der Waals surface area (Å²) in [7, 11) is 1.25. The summed E-state index contributed by atoms with van der Waals surface area (Å²) in [5.41, 5.74) is 4.73. The molecular weight excluding hydrogens is 745 g/mol. The number of carbonyl (C=O) groups excluding carboxylic acids is 5. The van der Waals surface area contributed by atoms with Crippen molar-refractivity contribution in [1.29, 1.82) is 0 Å². The Hall–Kier alpha value is -6.17. The van der Waals surface area contributed by atoms with Gasteiger partial charge >= 0.3 is 6.09 Å². The zero-order valence-electron chi connectivity index (χ0n) is 34.0. The van der Waals surface area contributed by atoms with E-state index in [9.17, 15) is 24.0 Å². The Bertz CT molecular complexity index is 2290. The Morgan fingerprint density at radius 3 is 2.07 bits per heavy atom. The normalized spacial score (nSPS) is 16.1. The Kier molecular flexibility index (Phi) is 13.2. The summed E-state index contributed by atoms with van der Waals surface area (Å²) in [4.78, 5) is 70.1. The van der Waals surface area contributed by atoms with Crippen molar-refractivity contribution in [3.63, 3.8) is 0 Å². The molecular formula is C47H54N6O6. The second-order valence-electron chi connectivity index (χ2n) is 15.8. The molecule has 7 rings (SSSR count). The maximum atomic E-state index is 14.0. The largest absolute Gasteiger partial charge is 0.453 e. The number of amides is 5. The number of likely N-dealkylation sites (tertiary alicyclic amines) is 1. The number of methoxy groups -OCH3 is 1. The lowest BCUT2D eigenvalue weighted by Gasteiger charge is -2.28. The highest BCUT2D eigenvalue weighted by molar-refractivity contribution is 6.11. The molecule has 59 heavy (non-hydrogen) atoms. The third-order valence-corrected chi connectivity index (χ3v) is 11.6. The Balaban J connectivity index is 1.12. The molecule has 0 bridgehead atoms. The van der Waals surface area contributed by atoms with E-state index in [1.807, 2.05) is 79.7 Å². The molecule has 0 unspecified atom stereocenters. The summed E-state index contributed by atoms with van der Waals surface area (Å²) in [6.07, 6.45) is 7.29. The van der Waals surface area contributed by atoms with Crippen LogP contribution in [0.5, 0.6) is 0 Å². The van der Waals surface area contributed by atoms with Crippen LogP contribution in [-0.4, -0.2) is 76.9 Å². The standard InChI is InChI=1S/C47H54N6O6/c1-3-25-51(43(55)27-32-14-7-4-8-15-32)31-42(54)48-35-21-23-37-38-24-22-36(29-41(38)53(40(37)28-35)30-33-16-9-5-10-17-33)49-45(56)39-20-13-26-52(39)46(57)44(50-47(58)59-2)34-18-11-6-12-19-34/h4,6-8,11-12,14-15,18-19,21-24,28-29,33,39,44H,3,5,9-10,13,16-17,20,25-27,30-31H2,1-2H3,(H,48,54)(H,49,56)(H,50,58)/t39-,44+/m0/s1. The maximum absolute atomic E-state index is 14.0. The van der Waals surface area contributed by atoms with Gasteiger partial charge in [-0.05, 0) is 73.4 Å². The van der Waals surface area contributed by atoms with Crippen LogP contribution in [-0.2, 0) is 36.9 Å². The van der Waals surface area contributed by atoms with E-state index in [1.165, 1.54) is 26.4 Å². The minimum absolute atomic E-state index is 0.0373. The molecule has 308 valence electrons. The zero-order chi connectivity index (χ0) is 41.3. The van der Waals surface area contributed by atoms with Crippen molar-refractivity contribution in [2.75, 3.05) is 37.4 Å². The second kappa shape index (κ2) is 19.1. The fourth-order valence-corrected chi connectivity index (χ4v) is 8.70. The summed E-state index contributed by atoms with van der Waals surface area (Å²) in [5, 5.41) is 10.9. The number of nitrogens with one attached hydrogen (secondary N) is 3. The summed E-state index contributed by atoms with van der Waals surface area (Å²) >= 11 is 0. The molecule has 12 nitrogen and oxygen atoms in total. The van der Waals surface area contributed by atoms with Gasteiger partial charge in [-0.2, -0.15) is 0 Å². The number of anilines is 2. The van der Waals surface area contributed by atoms with E-state index in [4.69, 9.17) is 4.74 Å². The monoisotopic (exact) mass is 798 g/mol. The zero-order valence-corrected chi connectivity index (χ0v) is 34.0. The molecule has 2 heterocycles. The third kappa shape index (κ3) is 9.76. The lowest BCUT2D eigenvalue weighted by molar-refractivity contribution is -0.138. The first kappa shape index (κ1) is 41.0. The fourth-order valence-electron chi connectivity index (χ4n) is 8.70. The highest BCUT2D eigenvalue weighted by atomic mass is 16.5. The number of rotatable bonds is 14. The molecule has 1 aliphatic heterocycles. The lowest BCUT2D eigenvalue weighted by atomic mass is 9.89. The van der Waals surface area contributed by atoms with E-state index >= 15 is 0 Å². The van der Waals surface area contributed by atoms with Crippen molar-refractivity contribution in [3.8, 4) is 0 Å². The van der Waals surface area contributed by atoms with E-state index in [1.54, 1.807) is 34.1 Å². The van der Waals surface area contributed by atoms with Gasteiger partial charge in [0.05, 0.1) is 31.1 Å². The van der Waals surface area contributed by atoms with Gasteiger partial charge in [-0.25, -0.2) is 4.79 Å².